The van der Waals surface area contributed by atoms with Gasteiger partial charge >= 0.3 is 0 Å². The van der Waals surface area contributed by atoms with Crippen LogP contribution in [0, 0.1) is 17.7 Å². The largest absolute Gasteiger partial charge is 0.497 e. The highest BCUT2D eigenvalue weighted by Crippen LogP contribution is 2.32. The molecule has 1 aromatic carbocycles. The molecule has 0 unspecified atom stereocenters. The maximum absolute atomic E-state index is 14.0. The lowest BCUT2D eigenvalue weighted by Gasteiger charge is -2.30. The fourth-order valence-corrected chi connectivity index (χ4v) is 3.44. The first-order chi connectivity index (χ1) is 10.1. The van der Waals surface area contributed by atoms with Crippen molar-refractivity contribution >= 4 is 5.91 Å². The summed E-state index contributed by atoms with van der Waals surface area (Å²) >= 11 is 0. The van der Waals surface area contributed by atoms with E-state index in [0.717, 1.165) is 26.1 Å². The van der Waals surface area contributed by atoms with Crippen molar-refractivity contribution < 1.29 is 13.9 Å². The van der Waals surface area contributed by atoms with Gasteiger partial charge in [0, 0.05) is 44.9 Å². The zero-order valence-corrected chi connectivity index (χ0v) is 12.5. The van der Waals surface area contributed by atoms with Gasteiger partial charge in [-0.25, -0.2) is 4.39 Å². The molecule has 3 rings (SSSR count). The zero-order valence-electron chi connectivity index (χ0n) is 12.5. The number of likely N-dealkylation sites (tertiary alicyclic amines) is 2. The highest BCUT2D eigenvalue weighted by atomic mass is 19.1. The molecule has 2 fully saturated rings. The third-order valence-electron chi connectivity index (χ3n) is 4.70. The minimum Gasteiger partial charge on any atom is -0.497 e. The molecule has 1 aromatic rings. The van der Waals surface area contributed by atoms with Crippen LogP contribution in [-0.2, 0) is 11.3 Å². The number of piperidine rings is 1. The van der Waals surface area contributed by atoms with E-state index in [1.165, 1.54) is 13.2 Å². The van der Waals surface area contributed by atoms with Gasteiger partial charge in [-0.05, 0) is 18.4 Å². The number of nitrogens with zero attached hydrogens (tertiary/aromatic N) is 2. The van der Waals surface area contributed by atoms with Gasteiger partial charge in [-0.1, -0.05) is 6.07 Å². The highest BCUT2D eigenvalue weighted by molar-refractivity contribution is 5.80. The summed E-state index contributed by atoms with van der Waals surface area (Å²) in [5, 5.41) is 0. The molecule has 2 aliphatic rings. The number of rotatable bonds is 3. The van der Waals surface area contributed by atoms with E-state index in [0.29, 0.717) is 23.8 Å². The Kier molecular flexibility index (Phi) is 3.85. The summed E-state index contributed by atoms with van der Waals surface area (Å²) < 4.78 is 19.0. The summed E-state index contributed by atoms with van der Waals surface area (Å²) in [6.45, 7) is 3.01. The number of benzene rings is 1. The van der Waals surface area contributed by atoms with Crippen molar-refractivity contribution in [1.29, 1.82) is 0 Å². The maximum atomic E-state index is 14.0. The average molecular weight is 292 g/mol. The maximum Gasteiger partial charge on any atom is 0.227 e. The summed E-state index contributed by atoms with van der Waals surface area (Å²) in [5.41, 5.74) is 0.662. The molecule has 2 saturated heterocycles. The summed E-state index contributed by atoms with van der Waals surface area (Å²) in [6.07, 6.45) is 1.05. The van der Waals surface area contributed by atoms with Crippen LogP contribution in [0.15, 0.2) is 18.2 Å². The van der Waals surface area contributed by atoms with Crippen LogP contribution in [0.2, 0.25) is 0 Å². The predicted molar refractivity (Wildman–Crippen MR) is 77.5 cm³/mol. The molecule has 2 aliphatic heterocycles. The Hall–Kier alpha value is -1.62. The SMILES string of the molecule is COc1ccc(CN2C[C@H]3CCN(C)C(=O)[C@H]3C2)c(F)c1. The molecule has 0 radical (unpaired) electrons. The molecule has 0 saturated carbocycles. The Bertz CT molecular complexity index is 549. The number of amides is 1. The lowest BCUT2D eigenvalue weighted by atomic mass is 9.88. The van der Waals surface area contributed by atoms with E-state index in [4.69, 9.17) is 4.74 Å². The third-order valence-corrected chi connectivity index (χ3v) is 4.70. The van der Waals surface area contributed by atoms with Crippen molar-refractivity contribution in [3.05, 3.63) is 29.6 Å². The van der Waals surface area contributed by atoms with Crippen LogP contribution in [0.4, 0.5) is 4.39 Å². The molecule has 4 nitrogen and oxygen atoms in total. The van der Waals surface area contributed by atoms with Gasteiger partial charge in [-0.3, -0.25) is 9.69 Å². The van der Waals surface area contributed by atoms with Crippen LogP contribution in [0.3, 0.4) is 0 Å². The van der Waals surface area contributed by atoms with E-state index < -0.39 is 0 Å². The van der Waals surface area contributed by atoms with Crippen LogP contribution in [0.1, 0.15) is 12.0 Å². The lowest BCUT2D eigenvalue weighted by Crippen LogP contribution is -2.42. The van der Waals surface area contributed by atoms with Crippen LogP contribution < -0.4 is 4.74 Å². The van der Waals surface area contributed by atoms with Crippen molar-refractivity contribution in [2.45, 2.75) is 13.0 Å². The molecule has 2 heterocycles. The molecule has 0 bridgehead atoms. The van der Waals surface area contributed by atoms with Gasteiger partial charge in [0.15, 0.2) is 0 Å². The molecule has 2 atom stereocenters. The molecule has 0 N–H and O–H groups in total. The van der Waals surface area contributed by atoms with E-state index in [-0.39, 0.29) is 17.6 Å². The molecule has 0 spiro atoms. The van der Waals surface area contributed by atoms with Crippen molar-refractivity contribution in [2.75, 3.05) is 33.8 Å². The van der Waals surface area contributed by atoms with Crippen molar-refractivity contribution in [1.82, 2.24) is 9.80 Å². The highest BCUT2D eigenvalue weighted by Gasteiger charge is 2.41. The second-order valence-corrected chi connectivity index (χ2v) is 6.07. The van der Waals surface area contributed by atoms with Crippen molar-refractivity contribution in [3.63, 3.8) is 0 Å². The second-order valence-electron chi connectivity index (χ2n) is 6.07. The molecular weight excluding hydrogens is 271 g/mol. The van der Waals surface area contributed by atoms with Crippen LogP contribution in [0.25, 0.3) is 0 Å². The van der Waals surface area contributed by atoms with Gasteiger partial charge in [0.05, 0.1) is 13.0 Å². The number of carbonyl (C=O) groups excluding carboxylic acids is 1. The smallest absolute Gasteiger partial charge is 0.227 e. The molecule has 21 heavy (non-hydrogen) atoms. The molecular formula is C16H21FN2O2. The van der Waals surface area contributed by atoms with E-state index in [1.54, 1.807) is 12.1 Å². The van der Waals surface area contributed by atoms with Gasteiger partial charge in [0.2, 0.25) is 5.91 Å². The number of halogens is 1. The van der Waals surface area contributed by atoms with Crippen LogP contribution >= 0.6 is 0 Å². The van der Waals surface area contributed by atoms with Gasteiger partial charge < -0.3 is 9.64 Å². The second kappa shape index (κ2) is 5.64. The molecule has 0 aliphatic carbocycles. The first-order valence-corrected chi connectivity index (χ1v) is 7.38. The number of fused-ring (bicyclic) bond motifs is 1. The summed E-state index contributed by atoms with van der Waals surface area (Å²) in [6, 6.07) is 4.96. The first kappa shape index (κ1) is 14.3. The van der Waals surface area contributed by atoms with Gasteiger partial charge in [0.1, 0.15) is 11.6 Å². The van der Waals surface area contributed by atoms with Crippen molar-refractivity contribution in [3.8, 4) is 5.75 Å². The minimum atomic E-state index is -0.243. The van der Waals surface area contributed by atoms with Gasteiger partial charge in [-0.15, -0.1) is 0 Å². The molecule has 5 heteroatoms. The summed E-state index contributed by atoms with van der Waals surface area (Å²) in [5.74, 6) is 1.04. The normalized spacial score (nSPS) is 26.0. The Balaban J connectivity index is 1.68. The van der Waals surface area contributed by atoms with Gasteiger partial charge in [0.25, 0.3) is 0 Å². The van der Waals surface area contributed by atoms with E-state index >= 15 is 0 Å². The minimum absolute atomic E-state index is 0.0880. The van der Waals surface area contributed by atoms with Crippen LogP contribution in [-0.4, -0.2) is 49.5 Å². The Morgan fingerprint density at radius 1 is 1.38 bits per heavy atom. The average Bonchev–Trinajstić information content (AvgIpc) is 2.89. The van der Waals surface area contributed by atoms with E-state index in [1.807, 2.05) is 11.9 Å². The summed E-state index contributed by atoms with van der Waals surface area (Å²) in [4.78, 5) is 16.2. The lowest BCUT2D eigenvalue weighted by molar-refractivity contribution is -0.137. The molecule has 1 amide bonds. The van der Waals surface area contributed by atoms with E-state index in [2.05, 4.69) is 4.90 Å². The zero-order chi connectivity index (χ0) is 15.0. The fraction of sp³-hybridized carbons (Fsp3) is 0.562. The first-order valence-electron chi connectivity index (χ1n) is 7.38. The molecule has 114 valence electrons. The Morgan fingerprint density at radius 2 is 2.19 bits per heavy atom. The number of methoxy groups -OCH3 is 1. The monoisotopic (exact) mass is 292 g/mol. The van der Waals surface area contributed by atoms with Crippen molar-refractivity contribution in [2.24, 2.45) is 11.8 Å². The van der Waals surface area contributed by atoms with Gasteiger partial charge in [-0.2, -0.15) is 0 Å². The predicted octanol–water partition coefficient (Wildman–Crippen LogP) is 1.74. The van der Waals surface area contributed by atoms with E-state index in [9.17, 15) is 9.18 Å². The standard InChI is InChI=1S/C16H21FN2O2/c1-18-6-5-11-8-19(10-14(11)16(18)20)9-12-3-4-13(21-2)7-15(12)17/h3-4,7,11,14H,5-6,8-10H2,1-2H3/t11-,14+/m1/s1. The fourth-order valence-electron chi connectivity index (χ4n) is 3.44. The Morgan fingerprint density at radius 3 is 2.90 bits per heavy atom. The number of carbonyl (C=O) groups is 1. The number of ether oxygens (including phenoxy) is 1. The third kappa shape index (κ3) is 2.75. The Labute approximate surface area is 124 Å². The molecule has 0 aromatic heterocycles. The number of hydrogen-bond donors (Lipinski definition) is 0. The quantitative estimate of drug-likeness (QED) is 0.851. The topological polar surface area (TPSA) is 32.8 Å². The number of hydrogen-bond acceptors (Lipinski definition) is 3. The summed E-state index contributed by atoms with van der Waals surface area (Å²) in [7, 11) is 3.39. The van der Waals surface area contributed by atoms with Crippen LogP contribution in [0.5, 0.6) is 5.75 Å².